The summed E-state index contributed by atoms with van der Waals surface area (Å²) in [6.07, 6.45) is 0.233. The topological polar surface area (TPSA) is 63.6 Å². The third-order valence-corrected chi connectivity index (χ3v) is 4.00. The number of rotatable bonds is 4. The minimum absolute atomic E-state index is 0.233. The largest absolute Gasteiger partial charge is 0.481 e. The van der Waals surface area contributed by atoms with Crippen molar-refractivity contribution in [2.45, 2.75) is 25.7 Å². The van der Waals surface area contributed by atoms with Gasteiger partial charge in [0.15, 0.2) is 0 Å². The molecular formula is C21H20O4. The Morgan fingerprint density at radius 3 is 2.28 bits per heavy atom. The quantitative estimate of drug-likeness (QED) is 0.688. The molecule has 0 radical (unpaired) electrons. The molecule has 128 valence electrons. The van der Waals surface area contributed by atoms with Gasteiger partial charge in [0.05, 0.1) is 18.9 Å². The first-order valence-electron chi connectivity index (χ1n) is 7.84. The van der Waals surface area contributed by atoms with E-state index in [2.05, 4.69) is 16.6 Å². The summed E-state index contributed by atoms with van der Waals surface area (Å²) < 4.78 is 4.64. The molecule has 0 amide bonds. The Balaban J connectivity index is 2.19. The van der Waals surface area contributed by atoms with Crippen molar-refractivity contribution in [1.29, 1.82) is 0 Å². The molecule has 0 atom stereocenters. The maximum absolute atomic E-state index is 11.4. The molecule has 1 N–H and O–H groups in total. The van der Waals surface area contributed by atoms with E-state index < -0.39 is 11.4 Å². The summed E-state index contributed by atoms with van der Waals surface area (Å²) in [5.74, 6) is 4.94. The molecule has 4 heteroatoms. The average molecular weight is 336 g/mol. The lowest BCUT2D eigenvalue weighted by atomic mass is 9.84. The van der Waals surface area contributed by atoms with Gasteiger partial charge in [-0.3, -0.25) is 9.59 Å². The minimum Gasteiger partial charge on any atom is -0.481 e. The van der Waals surface area contributed by atoms with Crippen molar-refractivity contribution >= 4 is 11.9 Å². The summed E-state index contributed by atoms with van der Waals surface area (Å²) in [5.41, 5.74) is 2.18. The molecule has 0 saturated carbocycles. The third kappa shape index (κ3) is 4.71. The van der Waals surface area contributed by atoms with E-state index in [0.29, 0.717) is 5.56 Å². The van der Waals surface area contributed by atoms with Gasteiger partial charge in [-0.25, -0.2) is 0 Å². The molecule has 0 fully saturated rings. The highest BCUT2D eigenvalue weighted by Gasteiger charge is 2.29. The second-order valence-electron chi connectivity index (χ2n) is 6.21. The molecule has 2 aromatic carbocycles. The van der Waals surface area contributed by atoms with Crippen LogP contribution in [0.4, 0.5) is 0 Å². The van der Waals surface area contributed by atoms with Crippen molar-refractivity contribution in [3.63, 3.8) is 0 Å². The van der Waals surface area contributed by atoms with Gasteiger partial charge in [0.1, 0.15) is 0 Å². The fourth-order valence-corrected chi connectivity index (χ4v) is 2.20. The minimum atomic E-state index is -0.965. The molecule has 4 nitrogen and oxygen atoms in total. The van der Waals surface area contributed by atoms with Gasteiger partial charge in [0, 0.05) is 11.1 Å². The molecule has 0 aliphatic carbocycles. The molecule has 0 saturated heterocycles. The molecule has 25 heavy (non-hydrogen) atoms. The molecule has 0 aliphatic heterocycles. The number of carbonyl (C=O) groups is 2. The fourth-order valence-electron chi connectivity index (χ4n) is 2.20. The number of methoxy groups -OCH3 is 1. The van der Waals surface area contributed by atoms with Gasteiger partial charge in [-0.2, -0.15) is 0 Å². The van der Waals surface area contributed by atoms with Crippen LogP contribution in [0.3, 0.4) is 0 Å². The number of carboxylic acid groups (broad SMARTS) is 1. The highest BCUT2D eigenvalue weighted by atomic mass is 16.5. The summed E-state index contributed by atoms with van der Waals surface area (Å²) in [4.78, 5) is 22.6. The summed E-state index contributed by atoms with van der Waals surface area (Å²) in [6.45, 7) is 3.34. The number of hydrogen-bond acceptors (Lipinski definition) is 3. The van der Waals surface area contributed by atoms with Gasteiger partial charge in [-0.1, -0.05) is 36.1 Å². The third-order valence-electron chi connectivity index (χ3n) is 4.00. The molecular weight excluding hydrogens is 316 g/mol. The molecule has 2 aromatic rings. The van der Waals surface area contributed by atoms with Crippen LogP contribution < -0.4 is 0 Å². The van der Waals surface area contributed by atoms with E-state index in [0.717, 1.165) is 16.7 Å². The predicted molar refractivity (Wildman–Crippen MR) is 95.2 cm³/mol. The Hall–Kier alpha value is -3.06. The number of aliphatic carboxylic acids is 1. The Kier molecular flexibility index (Phi) is 5.61. The van der Waals surface area contributed by atoms with Crippen LogP contribution in [0.25, 0.3) is 0 Å². The van der Waals surface area contributed by atoms with Crippen LogP contribution in [-0.4, -0.2) is 24.2 Å². The van der Waals surface area contributed by atoms with E-state index in [4.69, 9.17) is 0 Å². The number of carbonyl (C=O) groups excluding carboxylic acids is 1. The van der Waals surface area contributed by atoms with Crippen molar-refractivity contribution in [1.82, 2.24) is 0 Å². The van der Waals surface area contributed by atoms with Crippen LogP contribution in [0, 0.1) is 11.8 Å². The number of hydrogen-bond donors (Lipinski definition) is 1. The summed E-state index contributed by atoms with van der Waals surface area (Å²) in [7, 11) is 1.36. The number of ether oxygens (including phenoxy) is 1. The maximum Gasteiger partial charge on any atom is 0.313 e. The van der Waals surface area contributed by atoms with E-state index in [1.807, 2.05) is 36.4 Å². The normalized spacial score (nSPS) is 10.5. The Morgan fingerprint density at radius 1 is 1.04 bits per heavy atom. The van der Waals surface area contributed by atoms with Crippen molar-refractivity contribution in [3.05, 3.63) is 70.8 Å². The Morgan fingerprint density at radius 2 is 1.68 bits per heavy atom. The van der Waals surface area contributed by atoms with Gasteiger partial charge in [0.2, 0.25) is 0 Å². The summed E-state index contributed by atoms with van der Waals surface area (Å²) >= 11 is 0. The molecule has 0 bridgehead atoms. The zero-order chi connectivity index (χ0) is 18.4. The van der Waals surface area contributed by atoms with Crippen molar-refractivity contribution < 1.29 is 19.4 Å². The second-order valence-corrected chi connectivity index (χ2v) is 6.21. The molecule has 2 rings (SSSR count). The molecule has 0 aliphatic rings. The lowest BCUT2D eigenvalue weighted by molar-refractivity contribution is -0.142. The van der Waals surface area contributed by atoms with Crippen LogP contribution in [-0.2, 0) is 26.2 Å². The average Bonchev–Trinajstić information content (AvgIpc) is 2.61. The SMILES string of the molecule is COC(=O)Cc1ccc(C#Cc2cccc(C(C)(C)C(=O)O)c2)cc1. The van der Waals surface area contributed by atoms with Crippen molar-refractivity contribution in [2.24, 2.45) is 0 Å². The van der Waals surface area contributed by atoms with Crippen molar-refractivity contribution in [2.75, 3.05) is 7.11 Å². The second kappa shape index (κ2) is 7.67. The van der Waals surface area contributed by atoms with Crippen LogP contribution in [0.15, 0.2) is 48.5 Å². The first-order chi connectivity index (χ1) is 11.8. The highest BCUT2D eigenvalue weighted by Crippen LogP contribution is 2.24. The lowest BCUT2D eigenvalue weighted by Gasteiger charge is -2.19. The monoisotopic (exact) mass is 336 g/mol. The van der Waals surface area contributed by atoms with Gasteiger partial charge in [-0.15, -0.1) is 0 Å². The standard InChI is InChI=1S/C21H20O4/c1-21(2,20(23)24)18-6-4-5-16(13-18)10-7-15-8-11-17(12-9-15)14-19(22)25-3/h4-6,8-9,11-13H,14H2,1-3H3,(H,23,24). The maximum atomic E-state index is 11.4. The summed E-state index contributed by atoms with van der Waals surface area (Å²) in [6, 6.07) is 14.6. The zero-order valence-corrected chi connectivity index (χ0v) is 14.5. The van der Waals surface area contributed by atoms with E-state index in [1.165, 1.54) is 7.11 Å². The Labute approximate surface area is 147 Å². The number of benzene rings is 2. The zero-order valence-electron chi connectivity index (χ0n) is 14.5. The fraction of sp³-hybridized carbons (Fsp3) is 0.238. The van der Waals surface area contributed by atoms with Crippen LogP contribution in [0.5, 0.6) is 0 Å². The molecule has 0 unspecified atom stereocenters. The molecule has 0 heterocycles. The Bertz CT molecular complexity index is 836. The van der Waals surface area contributed by atoms with E-state index in [1.54, 1.807) is 26.0 Å². The first-order valence-corrected chi connectivity index (χ1v) is 7.84. The van der Waals surface area contributed by atoms with Crippen LogP contribution in [0.1, 0.15) is 36.1 Å². The van der Waals surface area contributed by atoms with Gasteiger partial charge >= 0.3 is 11.9 Å². The van der Waals surface area contributed by atoms with Gasteiger partial charge in [-0.05, 0) is 49.2 Å². The summed E-state index contributed by atoms with van der Waals surface area (Å²) in [5, 5.41) is 9.33. The molecule has 0 aromatic heterocycles. The highest BCUT2D eigenvalue weighted by molar-refractivity contribution is 5.80. The van der Waals surface area contributed by atoms with Gasteiger partial charge in [0.25, 0.3) is 0 Å². The smallest absolute Gasteiger partial charge is 0.313 e. The van der Waals surface area contributed by atoms with Gasteiger partial charge < -0.3 is 9.84 Å². The van der Waals surface area contributed by atoms with Crippen LogP contribution in [0.2, 0.25) is 0 Å². The van der Waals surface area contributed by atoms with E-state index in [-0.39, 0.29) is 12.4 Å². The van der Waals surface area contributed by atoms with E-state index >= 15 is 0 Å². The first kappa shape index (κ1) is 18.3. The number of carboxylic acids is 1. The molecule has 0 spiro atoms. The predicted octanol–water partition coefficient (Wildman–Crippen LogP) is 3.16. The number of esters is 1. The lowest BCUT2D eigenvalue weighted by Crippen LogP contribution is -2.28. The van der Waals surface area contributed by atoms with Crippen molar-refractivity contribution in [3.8, 4) is 11.8 Å². The van der Waals surface area contributed by atoms with E-state index in [9.17, 15) is 14.7 Å². The van der Waals surface area contributed by atoms with Crippen LogP contribution >= 0.6 is 0 Å².